The van der Waals surface area contributed by atoms with E-state index in [4.69, 9.17) is 5.11 Å². The van der Waals surface area contributed by atoms with E-state index in [2.05, 4.69) is 15.9 Å². The third-order valence-electron chi connectivity index (χ3n) is 3.30. The van der Waals surface area contributed by atoms with Gasteiger partial charge in [-0.3, -0.25) is 9.59 Å². The van der Waals surface area contributed by atoms with Crippen molar-refractivity contribution >= 4 is 27.9 Å². The van der Waals surface area contributed by atoms with E-state index in [1.165, 1.54) is 13.8 Å². The minimum atomic E-state index is -1.32. The lowest BCUT2D eigenvalue weighted by molar-refractivity contribution is -0.160. The Bertz CT molecular complexity index is 455. The van der Waals surface area contributed by atoms with Crippen LogP contribution >= 0.6 is 15.9 Å². The summed E-state index contributed by atoms with van der Waals surface area (Å²) in [6, 6.07) is 7.20. The Hall–Kier alpha value is -1.36. The monoisotopic (exact) mass is 314 g/mol. The molecule has 0 radical (unpaired) electrons. The second kappa shape index (κ2) is 5.52. The van der Waals surface area contributed by atoms with E-state index >= 15 is 0 Å². The average Bonchev–Trinajstić information content (AvgIpc) is 2.30. The Morgan fingerprint density at radius 2 is 1.78 bits per heavy atom. The Morgan fingerprint density at radius 3 is 2.17 bits per heavy atom. The van der Waals surface area contributed by atoms with Gasteiger partial charge in [-0.25, -0.2) is 0 Å². The van der Waals surface area contributed by atoms with Crippen molar-refractivity contribution in [2.75, 3.05) is 0 Å². The van der Waals surface area contributed by atoms with Crippen molar-refractivity contribution in [3.05, 3.63) is 34.3 Å². The molecule has 0 saturated heterocycles. The quantitative estimate of drug-likeness (QED) is 0.876. The van der Waals surface area contributed by atoms with Crippen molar-refractivity contribution in [1.82, 2.24) is 0 Å². The van der Waals surface area contributed by atoms with Crippen molar-refractivity contribution in [2.45, 2.75) is 20.3 Å². The summed E-state index contributed by atoms with van der Waals surface area (Å²) in [5, 5.41) is 18.3. The summed E-state index contributed by atoms with van der Waals surface area (Å²) < 4.78 is 0.898. The number of carboxylic acids is 2. The van der Waals surface area contributed by atoms with Crippen molar-refractivity contribution in [1.29, 1.82) is 0 Å². The number of carboxylic acid groups (broad SMARTS) is 2. The van der Waals surface area contributed by atoms with Gasteiger partial charge in [0.2, 0.25) is 0 Å². The second-order valence-corrected chi connectivity index (χ2v) is 5.50. The summed E-state index contributed by atoms with van der Waals surface area (Å²) in [7, 11) is 0. The van der Waals surface area contributed by atoms with Crippen LogP contribution < -0.4 is 0 Å². The summed E-state index contributed by atoms with van der Waals surface area (Å²) in [5.41, 5.74) is -0.518. The number of aliphatic carboxylic acids is 2. The first-order valence-corrected chi connectivity index (χ1v) is 6.27. The summed E-state index contributed by atoms with van der Waals surface area (Å²) in [4.78, 5) is 22.4. The number of hydrogen-bond acceptors (Lipinski definition) is 2. The largest absolute Gasteiger partial charge is 0.481 e. The topological polar surface area (TPSA) is 74.6 Å². The standard InChI is InChI=1S/C13H15BrO4/c1-8(11(15)16)13(2,12(17)18)7-9-3-5-10(14)6-4-9/h3-6,8H,7H2,1-2H3,(H,15,16)(H,17,18). The first-order chi connectivity index (χ1) is 8.27. The van der Waals surface area contributed by atoms with E-state index in [9.17, 15) is 14.7 Å². The van der Waals surface area contributed by atoms with Gasteiger partial charge in [-0.05, 0) is 31.0 Å². The smallest absolute Gasteiger partial charge is 0.310 e. The summed E-state index contributed by atoms with van der Waals surface area (Å²) in [6.45, 7) is 2.89. The van der Waals surface area contributed by atoms with Crippen molar-refractivity contribution in [2.24, 2.45) is 11.3 Å². The Morgan fingerprint density at radius 1 is 1.28 bits per heavy atom. The van der Waals surface area contributed by atoms with Crippen LogP contribution in [0.4, 0.5) is 0 Å². The van der Waals surface area contributed by atoms with E-state index in [0.717, 1.165) is 10.0 Å². The molecule has 0 aliphatic rings. The fourth-order valence-electron chi connectivity index (χ4n) is 1.71. The molecule has 0 fully saturated rings. The molecule has 98 valence electrons. The third kappa shape index (κ3) is 3.10. The van der Waals surface area contributed by atoms with Crippen LogP contribution in [0.2, 0.25) is 0 Å². The van der Waals surface area contributed by atoms with Crippen molar-refractivity contribution < 1.29 is 19.8 Å². The first-order valence-electron chi connectivity index (χ1n) is 5.48. The highest BCUT2D eigenvalue weighted by Gasteiger charge is 2.42. The molecule has 0 amide bonds. The normalized spacial score (nSPS) is 15.7. The molecule has 1 aromatic rings. The Kier molecular flexibility index (Phi) is 4.51. The molecular formula is C13H15BrO4. The Balaban J connectivity index is 3.03. The molecule has 0 bridgehead atoms. The molecule has 0 aliphatic heterocycles. The molecule has 4 nitrogen and oxygen atoms in total. The zero-order valence-corrected chi connectivity index (χ0v) is 11.8. The fraction of sp³-hybridized carbons (Fsp3) is 0.385. The predicted octanol–water partition coefficient (Wildman–Crippen LogP) is 2.80. The summed E-state index contributed by atoms with van der Waals surface area (Å²) >= 11 is 3.30. The number of benzene rings is 1. The highest BCUT2D eigenvalue weighted by molar-refractivity contribution is 9.10. The van der Waals surface area contributed by atoms with Crippen LogP contribution in [0.1, 0.15) is 19.4 Å². The van der Waals surface area contributed by atoms with Gasteiger partial charge in [0, 0.05) is 4.47 Å². The molecule has 0 heterocycles. The fourth-order valence-corrected chi connectivity index (χ4v) is 1.98. The molecule has 2 unspecified atom stereocenters. The molecule has 2 N–H and O–H groups in total. The van der Waals surface area contributed by atoms with Gasteiger partial charge in [0.05, 0.1) is 11.3 Å². The van der Waals surface area contributed by atoms with Crippen LogP contribution in [-0.4, -0.2) is 22.2 Å². The maximum absolute atomic E-state index is 11.4. The predicted molar refractivity (Wildman–Crippen MR) is 70.4 cm³/mol. The molecule has 0 saturated carbocycles. The molecule has 0 aliphatic carbocycles. The maximum Gasteiger partial charge on any atom is 0.310 e. The van der Waals surface area contributed by atoms with Gasteiger partial charge < -0.3 is 10.2 Å². The van der Waals surface area contributed by atoms with Crippen LogP contribution in [0, 0.1) is 11.3 Å². The molecule has 18 heavy (non-hydrogen) atoms. The zero-order chi connectivity index (χ0) is 13.9. The maximum atomic E-state index is 11.4. The van der Waals surface area contributed by atoms with Gasteiger partial charge in [0.25, 0.3) is 0 Å². The Labute approximate surface area is 114 Å². The number of rotatable bonds is 5. The van der Waals surface area contributed by atoms with Gasteiger partial charge in [-0.1, -0.05) is 35.0 Å². The molecule has 1 aromatic carbocycles. The lowest BCUT2D eigenvalue weighted by Crippen LogP contribution is -2.40. The number of hydrogen-bond donors (Lipinski definition) is 2. The third-order valence-corrected chi connectivity index (χ3v) is 3.83. The summed E-state index contributed by atoms with van der Waals surface area (Å²) in [6.07, 6.45) is 0.184. The van der Waals surface area contributed by atoms with E-state index in [0.29, 0.717) is 0 Å². The van der Waals surface area contributed by atoms with Gasteiger partial charge in [0.15, 0.2) is 0 Å². The van der Waals surface area contributed by atoms with E-state index in [1.54, 1.807) is 12.1 Å². The highest BCUT2D eigenvalue weighted by Crippen LogP contribution is 2.32. The van der Waals surface area contributed by atoms with E-state index < -0.39 is 23.3 Å². The SMILES string of the molecule is CC(C(=O)O)C(C)(Cc1ccc(Br)cc1)C(=O)O. The van der Waals surface area contributed by atoms with Crippen LogP contribution in [0.15, 0.2) is 28.7 Å². The van der Waals surface area contributed by atoms with Gasteiger partial charge in [-0.2, -0.15) is 0 Å². The molecule has 2 atom stereocenters. The second-order valence-electron chi connectivity index (χ2n) is 4.59. The first kappa shape index (κ1) is 14.7. The highest BCUT2D eigenvalue weighted by atomic mass is 79.9. The number of carbonyl (C=O) groups is 2. The van der Waals surface area contributed by atoms with E-state index in [-0.39, 0.29) is 6.42 Å². The van der Waals surface area contributed by atoms with Crippen LogP contribution in [0.5, 0.6) is 0 Å². The molecule has 1 rings (SSSR count). The zero-order valence-electron chi connectivity index (χ0n) is 10.2. The van der Waals surface area contributed by atoms with Crippen LogP contribution in [-0.2, 0) is 16.0 Å². The number of halogens is 1. The lowest BCUT2D eigenvalue weighted by atomic mass is 9.73. The van der Waals surface area contributed by atoms with Gasteiger partial charge >= 0.3 is 11.9 Å². The molecular weight excluding hydrogens is 300 g/mol. The van der Waals surface area contributed by atoms with Crippen LogP contribution in [0.3, 0.4) is 0 Å². The summed E-state index contributed by atoms with van der Waals surface area (Å²) in [5.74, 6) is -3.16. The molecule has 0 aromatic heterocycles. The lowest BCUT2D eigenvalue weighted by Gasteiger charge is -2.28. The minimum Gasteiger partial charge on any atom is -0.481 e. The van der Waals surface area contributed by atoms with E-state index in [1.807, 2.05) is 12.1 Å². The van der Waals surface area contributed by atoms with Crippen molar-refractivity contribution in [3.63, 3.8) is 0 Å². The molecule has 0 spiro atoms. The average molecular weight is 315 g/mol. The van der Waals surface area contributed by atoms with Crippen molar-refractivity contribution in [3.8, 4) is 0 Å². The minimum absolute atomic E-state index is 0.184. The molecule has 5 heteroatoms. The van der Waals surface area contributed by atoms with Crippen LogP contribution in [0.25, 0.3) is 0 Å². The van der Waals surface area contributed by atoms with Gasteiger partial charge in [-0.15, -0.1) is 0 Å². The van der Waals surface area contributed by atoms with Gasteiger partial charge in [0.1, 0.15) is 0 Å².